The first-order valence-electron chi connectivity index (χ1n) is 6.45. The minimum Gasteiger partial charge on any atom is -0.394 e. The maximum Gasteiger partial charge on any atom is 0.332 e. The number of aromatic nitrogens is 2. The second-order valence-electron chi connectivity index (χ2n) is 5.57. The van der Waals surface area contributed by atoms with Crippen LogP contribution in [0.4, 0.5) is 11.5 Å². The predicted molar refractivity (Wildman–Crippen MR) is 76.7 cm³/mol. The van der Waals surface area contributed by atoms with Crippen LogP contribution in [0.15, 0.2) is 0 Å². The summed E-state index contributed by atoms with van der Waals surface area (Å²) in [5.41, 5.74) is -0.529. The fourth-order valence-corrected chi connectivity index (χ4v) is 2.71. The SMILES string of the molecule is Cc1nc(Cl)nc(N2CC(CO)OC(C)(C)C2)c1[N+](=O)[O-]. The largest absolute Gasteiger partial charge is 0.394 e. The zero-order chi connectivity index (χ0) is 15.8. The van der Waals surface area contributed by atoms with Gasteiger partial charge in [-0.15, -0.1) is 0 Å². The zero-order valence-electron chi connectivity index (χ0n) is 12.0. The molecule has 1 aromatic heterocycles. The molecule has 9 heteroatoms. The van der Waals surface area contributed by atoms with Crippen molar-refractivity contribution in [2.75, 3.05) is 24.6 Å². The van der Waals surface area contributed by atoms with Gasteiger partial charge in [0, 0.05) is 13.1 Å². The van der Waals surface area contributed by atoms with Gasteiger partial charge in [0.1, 0.15) is 5.69 Å². The number of rotatable bonds is 3. The molecule has 1 N–H and O–H groups in total. The van der Waals surface area contributed by atoms with Crippen LogP contribution in [0.25, 0.3) is 0 Å². The highest BCUT2D eigenvalue weighted by Gasteiger charge is 2.37. The molecular weight excluding hydrogens is 300 g/mol. The van der Waals surface area contributed by atoms with E-state index >= 15 is 0 Å². The molecule has 1 aliphatic rings. The number of aliphatic hydroxyl groups is 1. The number of ether oxygens (including phenoxy) is 1. The number of aliphatic hydroxyl groups excluding tert-OH is 1. The van der Waals surface area contributed by atoms with Crippen molar-refractivity contribution >= 4 is 23.1 Å². The number of morpholine rings is 1. The van der Waals surface area contributed by atoms with Crippen molar-refractivity contribution in [3.8, 4) is 0 Å². The Hall–Kier alpha value is -1.51. The van der Waals surface area contributed by atoms with Gasteiger partial charge in [0.05, 0.1) is 23.2 Å². The van der Waals surface area contributed by atoms with E-state index < -0.39 is 16.6 Å². The van der Waals surface area contributed by atoms with Crippen molar-refractivity contribution in [1.29, 1.82) is 0 Å². The third-order valence-electron chi connectivity index (χ3n) is 3.18. The van der Waals surface area contributed by atoms with Crippen molar-refractivity contribution in [2.24, 2.45) is 0 Å². The van der Waals surface area contributed by atoms with Gasteiger partial charge < -0.3 is 14.7 Å². The van der Waals surface area contributed by atoms with E-state index in [4.69, 9.17) is 16.3 Å². The van der Waals surface area contributed by atoms with Gasteiger partial charge in [0.25, 0.3) is 0 Å². The lowest BCUT2D eigenvalue weighted by molar-refractivity contribution is -0.385. The summed E-state index contributed by atoms with van der Waals surface area (Å²) in [4.78, 5) is 20.3. The Morgan fingerprint density at radius 3 is 2.81 bits per heavy atom. The fraction of sp³-hybridized carbons (Fsp3) is 0.667. The van der Waals surface area contributed by atoms with Crippen molar-refractivity contribution in [2.45, 2.75) is 32.5 Å². The highest BCUT2D eigenvalue weighted by Crippen LogP contribution is 2.33. The van der Waals surface area contributed by atoms with Gasteiger partial charge in [0.2, 0.25) is 11.1 Å². The van der Waals surface area contributed by atoms with Gasteiger partial charge in [-0.2, -0.15) is 4.98 Å². The van der Waals surface area contributed by atoms with Crippen molar-refractivity contribution in [3.63, 3.8) is 0 Å². The Bertz CT molecular complexity index is 566. The highest BCUT2D eigenvalue weighted by atomic mass is 35.5. The van der Waals surface area contributed by atoms with E-state index in [1.165, 1.54) is 6.92 Å². The van der Waals surface area contributed by atoms with E-state index in [2.05, 4.69) is 9.97 Å². The molecule has 0 bridgehead atoms. The molecule has 1 unspecified atom stereocenters. The molecule has 1 aliphatic heterocycles. The molecule has 2 rings (SSSR count). The Morgan fingerprint density at radius 2 is 2.24 bits per heavy atom. The lowest BCUT2D eigenvalue weighted by Crippen LogP contribution is -2.54. The number of anilines is 1. The first kappa shape index (κ1) is 15.9. The molecule has 116 valence electrons. The van der Waals surface area contributed by atoms with Crippen molar-refractivity contribution in [1.82, 2.24) is 9.97 Å². The number of hydrogen-bond donors (Lipinski definition) is 1. The zero-order valence-corrected chi connectivity index (χ0v) is 12.8. The molecule has 0 radical (unpaired) electrons. The Balaban J connectivity index is 2.47. The van der Waals surface area contributed by atoms with E-state index in [1.807, 2.05) is 13.8 Å². The lowest BCUT2D eigenvalue weighted by Gasteiger charge is -2.42. The molecule has 2 heterocycles. The third kappa shape index (κ3) is 3.39. The Labute approximate surface area is 126 Å². The summed E-state index contributed by atoms with van der Waals surface area (Å²) in [7, 11) is 0. The van der Waals surface area contributed by atoms with E-state index in [9.17, 15) is 15.2 Å². The maximum absolute atomic E-state index is 11.3. The molecule has 0 saturated carbocycles. The number of nitrogens with zero attached hydrogens (tertiary/aromatic N) is 4. The van der Waals surface area contributed by atoms with Gasteiger partial charge in [-0.3, -0.25) is 10.1 Å². The van der Waals surface area contributed by atoms with Crippen LogP contribution in [-0.4, -0.2) is 51.4 Å². The van der Waals surface area contributed by atoms with E-state index in [1.54, 1.807) is 4.90 Å². The molecule has 0 aromatic carbocycles. The number of nitro groups is 1. The summed E-state index contributed by atoms with van der Waals surface area (Å²) in [6, 6.07) is 0. The van der Waals surface area contributed by atoms with Crippen molar-refractivity contribution in [3.05, 3.63) is 21.1 Å². The normalized spacial score (nSPS) is 21.4. The van der Waals surface area contributed by atoms with E-state index in [0.29, 0.717) is 13.1 Å². The van der Waals surface area contributed by atoms with Gasteiger partial charge in [-0.05, 0) is 32.4 Å². The second kappa shape index (κ2) is 5.70. The lowest BCUT2D eigenvalue weighted by atomic mass is 10.1. The van der Waals surface area contributed by atoms with E-state index in [-0.39, 0.29) is 29.1 Å². The number of aryl methyl sites for hydroxylation is 1. The molecule has 1 saturated heterocycles. The van der Waals surface area contributed by atoms with Crippen molar-refractivity contribution < 1.29 is 14.8 Å². The Morgan fingerprint density at radius 1 is 1.57 bits per heavy atom. The van der Waals surface area contributed by atoms with Crippen LogP contribution >= 0.6 is 11.6 Å². The van der Waals surface area contributed by atoms with Crippen LogP contribution in [0.5, 0.6) is 0 Å². The van der Waals surface area contributed by atoms with E-state index in [0.717, 1.165) is 0 Å². The number of halogens is 1. The van der Waals surface area contributed by atoms with Crippen LogP contribution in [0.1, 0.15) is 19.5 Å². The summed E-state index contributed by atoms with van der Waals surface area (Å²) in [6.45, 7) is 5.74. The molecule has 1 aromatic rings. The fourth-order valence-electron chi connectivity index (χ4n) is 2.50. The highest BCUT2D eigenvalue weighted by molar-refractivity contribution is 6.28. The minimum atomic E-state index is -0.565. The summed E-state index contributed by atoms with van der Waals surface area (Å²) in [5, 5.41) is 20.6. The Kier molecular flexibility index (Phi) is 4.31. The van der Waals surface area contributed by atoms with Crippen LogP contribution in [0, 0.1) is 17.0 Å². The molecule has 0 spiro atoms. The molecule has 0 amide bonds. The average Bonchev–Trinajstić information content (AvgIpc) is 2.35. The van der Waals surface area contributed by atoms with Gasteiger partial charge >= 0.3 is 5.69 Å². The molecular formula is C12H17ClN4O4. The van der Waals surface area contributed by atoms with Gasteiger partial charge in [-0.25, -0.2) is 4.98 Å². The monoisotopic (exact) mass is 316 g/mol. The molecule has 1 fully saturated rings. The molecule has 0 aliphatic carbocycles. The molecule has 1 atom stereocenters. The average molecular weight is 317 g/mol. The number of hydrogen-bond acceptors (Lipinski definition) is 7. The maximum atomic E-state index is 11.3. The summed E-state index contributed by atoms with van der Waals surface area (Å²) in [6.07, 6.45) is -0.442. The van der Waals surface area contributed by atoms with Crippen LogP contribution in [0.2, 0.25) is 5.28 Å². The van der Waals surface area contributed by atoms with Crippen LogP contribution < -0.4 is 4.90 Å². The summed E-state index contributed by atoms with van der Waals surface area (Å²) in [5.74, 6) is 0.160. The topological polar surface area (TPSA) is 102 Å². The van der Waals surface area contributed by atoms with Crippen LogP contribution in [0.3, 0.4) is 0 Å². The smallest absolute Gasteiger partial charge is 0.332 e. The van der Waals surface area contributed by atoms with Crippen LogP contribution in [-0.2, 0) is 4.74 Å². The predicted octanol–water partition coefficient (Wildman–Crippen LogP) is 1.32. The standard InChI is InChI=1S/C12H17ClN4O4/c1-7-9(17(19)20)10(15-11(13)14-7)16-4-8(5-18)21-12(2,3)6-16/h8,18H,4-6H2,1-3H3. The third-order valence-corrected chi connectivity index (χ3v) is 3.35. The van der Waals surface area contributed by atoms with Gasteiger partial charge in [0.15, 0.2) is 0 Å². The second-order valence-corrected chi connectivity index (χ2v) is 5.91. The first-order valence-corrected chi connectivity index (χ1v) is 6.83. The van der Waals surface area contributed by atoms with Gasteiger partial charge in [-0.1, -0.05) is 0 Å². The summed E-state index contributed by atoms with van der Waals surface area (Å²) < 4.78 is 5.70. The summed E-state index contributed by atoms with van der Waals surface area (Å²) >= 11 is 5.84. The molecule has 21 heavy (non-hydrogen) atoms. The molecule has 8 nitrogen and oxygen atoms in total. The quantitative estimate of drug-likeness (QED) is 0.509. The first-order chi connectivity index (χ1) is 9.73. The minimum absolute atomic E-state index is 0.0436.